The van der Waals surface area contributed by atoms with Crippen molar-refractivity contribution >= 4 is 32.0 Å². The normalized spacial score (nSPS) is 16.4. The third kappa shape index (κ3) is 2.13. The predicted octanol–water partition coefficient (Wildman–Crippen LogP) is 1.02. The van der Waals surface area contributed by atoms with Crippen molar-refractivity contribution in [2.24, 2.45) is 0 Å². The molecule has 0 spiro atoms. The van der Waals surface area contributed by atoms with Gasteiger partial charge in [-0.15, -0.1) is 0 Å². The third-order valence-corrected chi connectivity index (χ3v) is 5.92. The number of hydrogen-bond donors (Lipinski definition) is 1. The molecule has 9 heteroatoms. The lowest BCUT2D eigenvalue weighted by Crippen LogP contribution is -2.28. The second kappa shape index (κ2) is 3.93. The molecule has 0 aromatic carbocycles. The summed E-state index contributed by atoms with van der Waals surface area (Å²) in [4.78, 5) is 9.92. The van der Waals surface area contributed by atoms with Crippen molar-refractivity contribution in [1.82, 2.24) is 4.31 Å². The van der Waals surface area contributed by atoms with E-state index in [1.807, 2.05) is 0 Å². The molecular weight excluding hydrogens is 266 g/mol. The fourth-order valence-corrected chi connectivity index (χ4v) is 4.24. The predicted molar refractivity (Wildman–Crippen MR) is 63.4 cm³/mol. The molecule has 1 fully saturated rings. The Hall–Kier alpha value is -1.19. The quantitative estimate of drug-likeness (QED) is 0.653. The van der Waals surface area contributed by atoms with Gasteiger partial charge in [0.15, 0.2) is 5.00 Å². The Morgan fingerprint density at radius 3 is 2.59 bits per heavy atom. The van der Waals surface area contributed by atoms with Crippen LogP contribution in [-0.2, 0) is 10.0 Å². The summed E-state index contributed by atoms with van der Waals surface area (Å²) in [5.74, 6) is 0. The maximum absolute atomic E-state index is 12.1. The van der Waals surface area contributed by atoms with Gasteiger partial charge in [-0.2, -0.15) is 4.31 Å². The molecule has 0 amide bonds. The second-order valence-electron chi connectivity index (χ2n) is 3.82. The lowest BCUT2D eigenvalue weighted by atomic mass is 10.5. The van der Waals surface area contributed by atoms with Gasteiger partial charge in [-0.05, 0) is 12.8 Å². The van der Waals surface area contributed by atoms with E-state index in [0.717, 1.165) is 30.2 Å². The highest BCUT2D eigenvalue weighted by molar-refractivity contribution is 7.91. The summed E-state index contributed by atoms with van der Waals surface area (Å²) in [7, 11) is -2.16. The number of nitrogens with zero attached hydrogens (tertiary/aromatic N) is 2. The highest BCUT2D eigenvalue weighted by atomic mass is 32.2. The minimum atomic E-state index is -3.64. The Bertz CT molecular complexity index is 561. The number of nitro groups is 1. The van der Waals surface area contributed by atoms with Crippen LogP contribution in [0.2, 0.25) is 0 Å². The lowest BCUT2D eigenvalue weighted by molar-refractivity contribution is -0.383. The minimum absolute atomic E-state index is 0.0161. The fourth-order valence-electron chi connectivity index (χ4n) is 1.42. The van der Waals surface area contributed by atoms with Crippen LogP contribution in [0.15, 0.2) is 10.3 Å². The number of thiophene rings is 1. The first-order valence-corrected chi connectivity index (χ1v) is 7.11. The average Bonchev–Trinajstić information content (AvgIpc) is 2.99. The first-order chi connectivity index (χ1) is 7.84. The molecular formula is C8H11N3O4S2. The molecule has 0 saturated heterocycles. The smallest absolute Gasteiger partial charge is 0.304 e. The summed E-state index contributed by atoms with van der Waals surface area (Å²) in [5.41, 5.74) is 5.08. The van der Waals surface area contributed by atoms with Crippen LogP contribution in [0, 0.1) is 10.1 Å². The zero-order chi connectivity index (χ0) is 12.8. The highest BCUT2D eigenvalue weighted by Crippen LogP contribution is 2.38. The van der Waals surface area contributed by atoms with Crippen molar-refractivity contribution in [3.05, 3.63) is 16.2 Å². The second-order valence-corrected chi connectivity index (χ2v) is 7.13. The van der Waals surface area contributed by atoms with Crippen molar-refractivity contribution in [2.75, 3.05) is 12.8 Å². The molecule has 0 aliphatic heterocycles. The summed E-state index contributed by atoms with van der Waals surface area (Å²) >= 11 is 0.730. The fraction of sp³-hybridized carbons (Fsp3) is 0.500. The number of hydrogen-bond acceptors (Lipinski definition) is 6. The van der Waals surface area contributed by atoms with Crippen molar-refractivity contribution < 1.29 is 13.3 Å². The topological polar surface area (TPSA) is 107 Å². The summed E-state index contributed by atoms with van der Waals surface area (Å²) in [6.45, 7) is 0. The molecule has 1 heterocycles. The SMILES string of the molecule is CN(C1CC1)S(=O)(=O)c1cc([N+](=O)[O-])c(N)s1. The number of nitrogens with two attached hydrogens (primary N) is 1. The maximum Gasteiger partial charge on any atom is 0.304 e. The molecule has 1 saturated carbocycles. The van der Waals surface area contributed by atoms with Gasteiger partial charge in [0.25, 0.3) is 10.0 Å². The Morgan fingerprint density at radius 1 is 1.59 bits per heavy atom. The molecule has 7 nitrogen and oxygen atoms in total. The van der Waals surface area contributed by atoms with Gasteiger partial charge in [-0.25, -0.2) is 8.42 Å². The van der Waals surface area contributed by atoms with Gasteiger partial charge in [0.1, 0.15) is 4.21 Å². The largest absolute Gasteiger partial charge is 0.385 e. The van der Waals surface area contributed by atoms with Crippen LogP contribution in [0.25, 0.3) is 0 Å². The monoisotopic (exact) mass is 277 g/mol. The molecule has 0 bridgehead atoms. The zero-order valence-electron chi connectivity index (χ0n) is 8.99. The van der Waals surface area contributed by atoms with Crippen LogP contribution in [0.1, 0.15) is 12.8 Å². The van der Waals surface area contributed by atoms with Crippen LogP contribution >= 0.6 is 11.3 Å². The number of rotatable bonds is 4. The highest BCUT2D eigenvalue weighted by Gasteiger charge is 2.37. The van der Waals surface area contributed by atoms with E-state index < -0.39 is 14.9 Å². The van der Waals surface area contributed by atoms with Crippen molar-refractivity contribution in [2.45, 2.75) is 23.1 Å². The molecule has 1 aromatic rings. The minimum Gasteiger partial charge on any atom is -0.385 e. The molecule has 1 aromatic heterocycles. The van der Waals surface area contributed by atoms with E-state index in [1.54, 1.807) is 0 Å². The van der Waals surface area contributed by atoms with E-state index in [0.29, 0.717) is 0 Å². The lowest BCUT2D eigenvalue weighted by Gasteiger charge is -2.14. The Labute approximate surface area is 102 Å². The average molecular weight is 277 g/mol. The number of sulfonamides is 1. The van der Waals surface area contributed by atoms with Gasteiger partial charge in [0.05, 0.1) is 4.92 Å². The first kappa shape index (κ1) is 12.3. The first-order valence-electron chi connectivity index (χ1n) is 4.85. The van der Waals surface area contributed by atoms with Gasteiger partial charge in [0, 0.05) is 19.2 Å². The zero-order valence-corrected chi connectivity index (χ0v) is 10.6. The molecule has 17 heavy (non-hydrogen) atoms. The van der Waals surface area contributed by atoms with Gasteiger partial charge in [0.2, 0.25) is 0 Å². The van der Waals surface area contributed by atoms with Gasteiger partial charge in [-0.3, -0.25) is 10.1 Å². The van der Waals surface area contributed by atoms with Gasteiger partial charge in [-0.1, -0.05) is 11.3 Å². The Morgan fingerprint density at radius 2 is 2.18 bits per heavy atom. The van der Waals surface area contributed by atoms with E-state index in [1.165, 1.54) is 11.4 Å². The maximum atomic E-state index is 12.1. The molecule has 94 valence electrons. The molecule has 0 atom stereocenters. The molecule has 2 N–H and O–H groups in total. The Kier molecular flexibility index (Phi) is 2.84. The van der Waals surface area contributed by atoms with Crippen LogP contribution in [0.5, 0.6) is 0 Å². The van der Waals surface area contributed by atoms with Crippen molar-refractivity contribution in [3.63, 3.8) is 0 Å². The van der Waals surface area contributed by atoms with Gasteiger partial charge >= 0.3 is 5.69 Å². The summed E-state index contributed by atoms with van der Waals surface area (Å²) in [5, 5.41) is 10.5. The van der Waals surface area contributed by atoms with Gasteiger partial charge < -0.3 is 5.73 Å². The van der Waals surface area contributed by atoms with Crippen LogP contribution in [0.3, 0.4) is 0 Å². The van der Waals surface area contributed by atoms with Crippen LogP contribution in [-0.4, -0.2) is 30.7 Å². The van der Waals surface area contributed by atoms with Crippen LogP contribution < -0.4 is 5.73 Å². The summed E-state index contributed by atoms with van der Waals surface area (Å²) in [6, 6.07) is 1.04. The summed E-state index contributed by atoms with van der Waals surface area (Å²) < 4.78 is 25.3. The molecule has 0 unspecified atom stereocenters. The molecule has 1 aliphatic carbocycles. The summed E-state index contributed by atoms with van der Waals surface area (Å²) in [6.07, 6.45) is 1.66. The third-order valence-electron chi connectivity index (χ3n) is 2.61. The van der Waals surface area contributed by atoms with E-state index >= 15 is 0 Å². The molecule has 1 aliphatic rings. The van der Waals surface area contributed by atoms with Crippen molar-refractivity contribution in [1.29, 1.82) is 0 Å². The van der Waals surface area contributed by atoms with E-state index in [4.69, 9.17) is 5.73 Å². The van der Waals surface area contributed by atoms with Crippen LogP contribution in [0.4, 0.5) is 10.7 Å². The van der Waals surface area contributed by atoms with Crippen molar-refractivity contribution in [3.8, 4) is 0 Å². The molecule has 0 radical (unpaired) electrons. The van der Waals surface area contributed by atoms with E-state index in [-0.39, 0.29) is 20.9 Å². The Balaban J connectivity index is 2.39. The van der Waals surface area contributed by atoms with E-state index in [9.17, 15) is 18.5 Å². The molecule has 2 rings (SSSR count). The van der Waals surface area contributed by atoms with E-state index in [2.05, 4.69) is 0 Å². The standard InChI is InChI=1S/C8H11N3O4S2/c1-10(5-2-3-5)17(14,15)7-4-6(11(12)13)8(9)16-7/h4-5H,2-3,9H2,1H3. The number of nitrogen functional groups attached to an aromatic ring is 1. The number of anilines is 1.